The molecule has 0 spiro atoms. The van der Waals surface area contributed by atoms with E-state index in [4.69, 9.17) is 5.73 Å². The lowest BCUT2D eigenvalue weighted by Gasteiger charge is -2.25. The predicted octanol–water partition coefficient (Wildman–Crippen LogP) is 1.33. The van der Waals surface area contributed by atoms with Crippen molar-refractivity contribution >= 4 is 36.3 Å². The molecule has 0 saturated heterocycles. The maximum atomic E-state index is 13.0. The summed E-state index contributed by atoms with van der Waals surface area (Å²) >= 11 is 4.34. The SMILES string of the molecule is CNC(=O)[C@H](Cc1ccccc1)NC(=O)[C@H](CC(C)C)NC(=O)C(S)CCCCC(N)=O. The van der Waals surface area contributed by atoms with Gasteiger partial charge in [-0.15, -0.1) is 0 Å². The number of nitrogens with one attached hydrogen (secondary N) is 3. The van der Waals surface area contributed by atoms with Gasteiger partial charge in [-0.05, 0) is 30.7 Å². The summed E-state index contributed by atoms with van der Waals surface area (Å²) < 4.78 is 0. The predicted molar refractivity (Wildman–Crippen MR) is 128 cm³/mol. The van der Waals surface area contributed by atoms with Gasteiger partial charge in [0.05, 0.1) is 5.25 Å². The highest BCUT2D eigenvalue weighted by Crippen LogP contribution is 2.12. The second-order valence-corrected chi connectivity index (χ2v) is 8.91. The molecule has 5 N–H and O–H groups in total. The van der Waals surface area contributed by atoms with Crippen LogP contribution in [0.25, 0.3) is 0 Å². The summed E-state index contributed by atoms with van der Waals surface area (Å²) in [5.41, 5.74) is 6.04. The van der Waals surface area contributed by atoms with Crippen LogP contribution in [0.1, 0.15) is 51.5 Å². The molecule has 1 rings (SSSR count). The Balaban J connectivity index is 2.78. The second kappa shape index (κ2) is 14.5. The quantitative estimate of drug-likeness (QED) is 0.210. The third kappa shape index (κ3) is 10.7. The average molecular weight is 465 g/mol. The molecular formula is C23H36N4O4S. The van der Waals surface area contributed by atoms with Gasteiger partial charge in [0, 0.05) is 19.9 Å². The first-order valence-electron chi connectivity index (χ1n) is 11.0. The number of carbonyl (C=O) groups is 4. The molecule has 4 amide bonds. The molecule has 9 heteroatoms. The van der Waals surface area contributed by atoms with Gasteiger partial charge in [-0.3, -0.25) is 19.2 Å². The van der Waals surface area contributed by atoms with E-state index in [9.17, 15) is 19.2 Å². The lowest BCUT2D eigenvalue weighted by Crippen LogP contribution is -2.55. The highest BCUT2D eigenvalue weighted by Gasteiger charge is 2.28. The van der Waals surface area contributed by atoms with E-state index in [1.807, 2.05) is 44.2 Å². The number of rotatable bonds is 14. The van der Waals surface area contributed by atoms with Crippen molar-refractivity contribution in [1.29, 1.82) is 0 Å². The topological polar surface area (TPSA) is 130 Å². The van der Waals surface area contributed by atoms with Crippen molar-refractivity contribution in [2.75, 3.05) is 7.05 Å². The number of amides is 4. The van der Waals surface area contributed by atoms with Crippen molar-refractivity contribution in [3.8, 4) is 0 Å². The number of unbranched alkanes of at least 4 members (excludes halogenated alkanes) is 1. The van der Waals surface area contributed by atoms with Crippen LogP contribution in [0.2, 0.25) is 0 Å². The van der Waals surface area contributed by atoms with Gasteiger partial charge in [0.15, 0.2) is 0 Å². The summed E-state index contributed by atoms with van der Waals surface area (Å²) in [6.45, 7) is 3.91. The number of nitrogens with two attached hydrogens (primary N) is 1. The smallest absolute Gasteiger partial charge is 0.243 e. The third-order valence-corrected chi connectivity index (χ3v) is 5.45. The molecule has 32 heavy (non-hydrogen) atoms. The zero-order chi connectivity index (χ0) is 24.1. The van der Waals surface area contributed by atoms with Crippen LogP contribution in [0.4, 0.5) is 0 Å². The molecule has 0 radical (unpaired) electrons. The molecule has 178 valence electrons. The molecule has 0 aliphatic rings. The number of likely N-dealkylation sites (N-methyl/N-ethyl adjacent to an activating group) is 1. The second-order valence-electron chi connectivity index (χ2n) is 8.28. The van der Waals surface area contributed by atoms with Gasteiger partial charge in [0.25, 0.3) is 0 Å². The highest BCUT2D eigenvalue weighted by atomic mass is 32.1. The van der Waals surface area contributed by atoms with E-state index in [0.29, 0.717) is 32.1 Å². The van der Waals surface area contributed by atoms with Crippen molar-refractivity contribution in [2.24, 2.45) is 11.7 Å². The largest absolute Gasteiger partial charge is 0.370 e. The standard InChI is InChI=1S/C23H36N4O4S/c1-15(2)13-17(27-23(31)19(32)11-7-8-12-20(24)28)22(30)26-18(21(29)25-3)14-16-9-5-4-6-10-16/h4-6,9-10,15,17-19,32H,7-8,11-14H2,1-3H3,(H2,24,28)(H,25,29)(H,26,30)(H,27,31)/t17-,18-,19?/m0/s1. The Morgan fingerprint density at radius 1 is 0.938 bits per heavy atom. The Morgan fingerprint density at radius 3 is 2.12 bits per heavy atom. The van der Waals surface area contributed by atoms with Crippen LogP contribution in [0, 0.1) is 5.92 Å². The van der Waals surface area contributed by atoms with Crippen LogP contribution in [0.5, 0.6) is 0 Å². The first-order chi connectivity index (χ1) is 15.1. The van der Waals surface area contributed by atoms with Crippen LogP contribution >= 0.6 is 12.6 Å². The van der Waals surface area contributed by atoms with Crippen LogP contribution < -0.4 is 21.7 Å². The van der Waals surface area contributed by atoms with Crippen molar-refractivity contribution < 1.29 is 19.2 Å². The minimum atomic E-state index is -0.786. The molecule has 0 aliphatic heterocycles. The normalized spacial score (nSPS) is 13.7. The van der Waals surface area contributed by atoms with Gasteiger partial charge in [-0.25, -0.2) is 0 Å². The first-order valence-corrected chi connectivity index (χ1v) is 11.5. The molecular weight excluding hydrogens is 428 g/mol. The Morgan fingerprint density at radius 2 is 1.56 bits per heavy atom. The highest BCUT2D eigenvalue weighted by molar-refractivity contribution is 7.81. The Kier molecular flexibility index (Phi) is 12.5. The van der Waals surface area contributed by atoms with Gasteiger partial charge >= 0.3 is 0 Å². The number of thiol groups is 1. The van der Waals surface area contributed by atoms with E-state index in [2.05, 4.69) is 28.6 Å². The molecule has 0 aromatic heterocycles. The molecule has 1 unspecified atom stereocenters. The first kappa shape index (κ1) is 27.5. The zero-order valence-corrected chi connectivity index (χ0v) is 20.0. The maximum absolute atomic E-state index is 13.0. The lowest BCUT2D eigenvalue weighted by molar-refractivity contribution is -0.132. The maximum Gasteiger partial charge on any atom is 0.243 e. The average Bonchev–Trinajstić information content (AvgIpc) is 2.75. The summed E-state index contributed by atoms with van der Waals surface area (Å²) in [6.07, 6.45) is 2.70. The van der Waals surface area contributed by atoms with E-state index in [0.717, 1.165) is 5.56 Å². The van der Waals surface area contributed by atoms with E-state index in [1.54, 1.807) is 0 Å². The van der Waals surface area contributed by atoms with Crippen molar-refractivity contribution in [2.45, 2.75) is 69.7 Å². The molecule has 3 atom stereocenters. The molecule has 0 saturated carbocycles. The van der Waals surface area contributed by atoms with E-state index in [1.165, 1.54) is 7.05 Å². The number of carbonyl (C=O) groups excluding carboxylic acids is 4. The van der Waals surface area contributed by atoms with Crippen LogP contribution in [0.15, 0.2) is 30.3 Å². The Labute approximate surface area is 195 Å². The number of benzene rings is 1. The van der Waals surface area contributed by atoms with E-state index >= 15 is 0 Å². The van der Waals surface area contributed by atoms with Crippen LogP contribution in [0.3, 0.4) is 0 Å². The fraction of sp³-hybridized carbons (Fsp3) is 0.565. The number of hydrogen-bond acceptors (Lipinski definition) is 5. The van der Waals surface area contributed by atoms with Gasteiger partial charge in [-0.2, -0.15) is 12.6 Å². The van der Waals surface area contributed by atoms with Crippen LogP contribution in [-0.4, -0.2) is 48.0 Å². The zero-order valence-electron chi connectivity index (χ0n) is 19.1. The third-order valence-electron chi connectivity index (χ3n) is 4.96. The summed E-state index contributed by atoms with van der Waals surface area (Å²) in [6, 6.07) is 7.85. The summed E-state index contributed by atoms with van der Waals surface area (Å²) in [5.74, 6) is -1.30. The van der Waals surface area contributed by atoms with Crippen molar-refractivity contribution in [3.63, 3.8) is 0 Å². The lowest BCUT2D eigenvalue weighted by atomic mass is 10.0. The summed E-state index contributed by atoms with van der Waals surface area (Å²) in [5, 5.41) is 7.53. The molecule has 8 nitrogen and oxygen atoms in total. The fourth-order valence-corrected chi connectivity index (χ4v) is 3.50. The van der Waals surface area contributed by atoms with E-state index in [-0.39, 0.29) is 30.1 Å². The van der Waals surface area contributed by atoms with E-state index < -0.39 is 23.2 Å². The Bertz CT molecular complexity index is 758. The fourth-order valence-electron chi connectivity index (χ4n) is 3.24. The molecule has 1 aromatic carbocycles. The number of primary amides is 1. The van der Waals surface area contributed by atoms with Gasteiger partial charge < -0.3 is 21.7 Å². The molecule has 0 fully saturated rings. The van der Waals surface area contributed by atoms with Gasteiger partial charge in [0.1, 0.15) is 12.1 Å². The Hall–Kier alpha value is -2.55. The molecule has 1 aromatic rings. The molecule has 0 heterocycles. The number of hydrogen-bond donors (Lipinski definition) is 5. The van der Waals surface area contributed by atoms with Crippen molar-refractivity contribution in [1.82, 2.24) is 16.0 Å². The van der Waals surface area contributed by atoms with Gasteiger partial charge in [0.2, 0.25) is 23.6 Å². The van der Waals surface area contributed by atoms with Crippen molar-refractivity contribution in [3.05, 3.63) is 35.9 Å². The molecule has 0 bridgehead atoms. The molecule has 0 aliphatic carbocycles. The summed E-state index contributed by atoms with van der Waals surface area (Å²) in [4.78, 5) is 48.8. The minimum Gasteiger partial charge on any atom is -0.370 e. The van der Waals surface area contributed by atoms with Crippen LogP contribution in [-0.2, 0) is 25.6 Å². The summed E-state index contributed by atoms with van der Waals surface area (Å²) in [7, 11) is 1.52. The minimum absolute atomic E-state index is 0.146. The van der Waals surface area contributed by atoms with Gasteiger partial charge in [-0.1, -0.05) is 50.6 Å². The monoisotopic (exact) mass is 464 g/mol.